The molecular formula is C10H8ClNO3. The molecule has 1 aromatic carbocycles. The fourth-order valence-electron chi connectivity index (χ4n) is 1.10. The van der Waals surface area contributed by atoms with Crippen LogP contribution in [0.5, 0.6) is 0 Å². The molecule has 0 radical (unpaired) electrons. The number of rotatable bonds is 3. The van der Waals surface area contributed by atoms with E-state index in [9.17, 15) is 9.90 Å². The second kappa shape index (κ2) is 4.89. The first-order valence-electron chi connectivity index (χ1n) is 4.10. The van der Waals surface area contributed by atoms with E-state index in [2.05, 4.69) is 0 Å². The van der Waals surface area contributed by atoms with Gasteiger partial charge in [0, 0.05) is 16.1 Å². The van der Waals surface area contributed by atoms with Gasteiger partial charge in [0.1, 0.15) is 12.4 Å². The summed E-state index contributed by atoms with van der Waals surface area (Å²) in [6, 6.07) is 5.72. The van der Waals surface area contributed by atoms with Gasteiger partial charge in [0.25, 0.3) is 0 Å². The van der Waals surface area contributed by atoms with Gasteiger partial charge < -0.3 is 10.2 Å². The van der Waals surface area contributed by atoms with Gasteiger partial charge in [-0.1, -0.05) is 17.7 Å². The van der Waals surface area contributed by atoms with Crippen molar-refractivity contribution in [3.05, 3.63) is 34.3 Å². The summed E-state index contributed by atoms with van der Waals surface area (Å²) in [5, 5.41) is 27.2. The third-order valence-corrected chi connectivity index (χ3v) is 2.25. The first-order valence-corrected chi connectivity index (χ1v) is 4.48. The van der Waals surface area contributed by atoms with Crippen LogP contribution in [0, 0.1) is 11.3 Å². The lowest BCUT2D eigenvalue weighted by molar-refractivity contribution is 0.0528. The van der Waals surface area contributed by atoms with Crippen LogP contribution in [-0.4, -0.2) is 22.6 Å². The number of benzene rings is 1. The number of nitriles is 1. The molecule has 2 unspecified atom stereocenters. The van der Waals surface area contributed by atoms with E-state index in [1.165, 1.54) is 24.3 Å². The summed E-state index contributed by atoms with van der Waals surface area (Å²) < 4.78 is 0. The molecule has 0 bridgehead atoms. The first kappa shape index (κ1) is 11.7. The fourth-order valence-corrected chi connectivity index (χ4v) is 1.33. The Labute approximate surface area is 91.3 Å². The zero-order chi connectivity index (χ0) is 11.4. The molecule has 1 rings (SSSR count). The molecule has 4 nitrogen and oxygen atoms in total. The van der Waals surface area contributed by atoms with E-state index >= 15 is 0 Å². The van der Waals surface area contributed by atoms with Gasteiger partial charge in [-0.05, 0) is 12.1 Å². The Morgan fingerprint density at radius 1 is 1.47 bits per heavy atom. The topological polar surface area (TPSA) is 81.3 Å². The molecule has 0 aliphatic carbocycles. The predicted octanol–water partition coefficient (Wildman–Crippen LogP) is 1.07. The molecule has 0 saturated carbocycles. The average molecular weight is 226 g/mol. The maximum atomic E-state index is 10.5. The van der Waals surface area contributed by atoms with Crippen molar-refractivity contribution in [3.8, 4) is 6.07 Å². The molecule has 15 heavy (non-hydrogen) atoms. The van der Waals surface area contributed by atoms with Crippen LogP contribution in [-0.2, 0) is 0 Å². The first-order chi connectivity index (χ1) is 7.10. The molecule has 1 aromatic rings. The molecule has 5 heteroatoms. The van der Waals surface area contributed by atoms with E-state index in [1.54, 1.807) is 0 Å². The summed E-state index contributed by atoms with van der Waals surface area (Å²) in [5.74, 6) is 0. The van der Waals surface area contributed by atoms with Crippen LogP contribution in [0.25, 0.3) is 0 Å². The van der Waals surface area contributed by atoms with Crippen LogP contribution in [0.3, 0.4) is 0 Å². The molecule has 0 heterocycles. The van der Waals surface area contributed by atoms with Crippen molar-refractivity contribution < 1.29 is 15.0 Å². The quantitative estimate of drug-likeness (QED) is 0.596. The number of aliphatic hydroxyl groups excluding tert-OH is 2. The van der Waals surface area contributed by atoms with Gasteiger partial charge >= 0.3 is 0 Å². The number of carbonyl (C=O) groups is 1. The number of carbonyl (C=O) groups excluding carboxylic acids is 1. The van der Waals surface area contributed by atoms with Crippen molar-refractivity contribution in [1.29, 1.82) is 5.26 Å². The number of hydrogen-bond donors (Lipinski definition) is 2. The van der Waals surface area contributed by atoms with Gasteiger partial charge in [-0.3, -0.25) is 4.79 Å². The second-order valence-corrected chi connectivity index (χ2v) is 3.32. The van der Waals surface area contributed by atoms with E-state index in [0.29, 0.717) is 11.8 Å². The lowest BCUT2D eigenvalue weighted by Gasteiger charge is -2.13. The molecule has 78 valence electrons. The molecule has 0 saturated heterocycles. The minimum atomic E-state index is -1.57. The Morgan fingerprint density at radius 3 is 2.67 bits per heavy atom. The van der Waals surface area contributed by atoms with Gasteiger partial charge in [0.05, 0.1) is 6.07 Å². The summed E-state index contributed by atoms with van der Waals surface area (Å²) in [6.07, 6.45) is -2.39. The molecule has 0 amide bonds. The van der Waals surface area contributed by atoms with Crippen molar-refractivity contribution in [1.82, 2.24) is 0 Å². The lowest BCUT2D eigenvalue weighted by atomic mass is 10.0. The standard InChI is InChI=1S/C10H8ClNO3/c11-8-2-1-6(5-13)3-7(8)10(15)9(14)4-12/h1-3,5,9-10,14-15H. The van der Waals surface area contributed by atoms with E-state index in [0.717, 1.165) is 0 Å². The lowest BCUT2D eigenvalue weighted by Crippen LogP contribution is -2.16. The van der Waals surface area contributed by atoms with Crippen LogP contribution in [0.1, 0.15) is 22.0 Å². The highest BCUT2D eigenvalue weighted by Crippen LogP contribution is 2.25. The monoisotopic (exact) mass is 225 g/mol. The molecule has 0 spiro atoms. The summed E-state index contributed by atoms with van der Waals surface area (Å²) in [6.45, 7) is 0. The third-order valence-electron chi connectivity index (χ3n) is 1.91. The SMILES string of the molecule is N#CC(O)C(O)c1cc(C=O)ccc1Cl. The van der Waals surface area contributed by atoms with Gasteiger partial charge in [-0.15, -0.1) is 0 Å². The summed E-state index contributed by atoms with van der Waals surface area (Å²) in [5.41, 5.74) is 0.480. The van der Waals surface area contributed by atoms with Crippen molar-refractivity contribution >= 4 is 17.9 Å². The number of aliphatic hydroxyl groups is 2. The minimum absolute atomic E-state index is 0.162. The predicted molar refractivity (Wildman–Crippen MR) is 53.4 cm³/mol. The smallest absolute Gasteiger partial charge is 0.170 e. The number of nitrogens with zero attached hydrogens (tertiary/aromatic N) is 1. The number of aldehydes is 1. The molecule has 0 aliphatic rings. The molecule has 0 aromatic heterocycles. The van der Waals surface area contributed by atoms with Crippen LogP contribution in [0.15, 0.2) is 18.2 Å². The summed E-state index contributed by atoms with van der Waals surface area (Å²) >= 11 is 5.75. The maximum Gasteiger partial charge on any atom is 0.170 e. The van der Waals surface area contributed by atoms with E-state index in [1.807, 2.05) is 0 Å². The molecule has 2 N–H and O–H groups in total. The van der Waals surface area contributed by atoms with E-state index < -0.39 is 12.2 Å². The largest absolute Gasteiger partial charge is 0.384 e. The fraction of sp³-hybridized carbons (Fsp3) is 0.200. The molecule has 0 aliphatic heterocycles. The molecular weight excluding hydrogens is 218 g/mol. The Bertz CT molecular complexity index is 414. The van der Waals surface area contributed by atoms with Gasteiger partial charge in [0.2, 0.25) is 0 Å². The highest BCUT2D eigenvalue weighted by Gasteiger charge is 2.20. The Kier molecular flexibility index (Phi) is 3.81. The zero-order valence-corrected chi connectivity index (χ0v) is 8.35. The minimum Gasteiger partial charge on any atom is -0.384 e. The normalized spacial score (nSPS) is 14.0. The zero-order valence-electron chi connectivity index (χ0n) is 7.59. The molecule has 2 atom stereocenters. The van der Waals surface area contributed by atoms with Crippen molar-refractivity contribution in [2.24, 2.45) is 0 Å². The van der Waals surface area contributed by atoms with Gasteiger partial charge in [-0.2, -0.15) is 5.26 Å². The Balaban J connectivity index is 3.13. The Morgan fingerprint density at radius 2 is 2.13 bits per heavy atom. The van der Waals surface area contributed by atoms with Crippen LogP contribution < -0.4 is 0 Å². The van der Waals surface area contributed by atoms with Gasteiger partial charge in [-0.25, -0.2) is 0 Å². The summed E-state index contributed by atoms with van der Waals surface area (Å²) in [7, 11) is 0. The van der Waals surface area contributed by atoms with Crippen LogP contribution in [0.4, 0.5) is 0 Å². The van der Waals surface area contributed by atoms with Crippen molar-refractivity contribution in [2.45, 2.75) is 12.2 Å². The molecule has 0 fully saturated rings. The highest BCUT2D eigenvalue weighted by atomic mass is 35.5. The van der Waals surface area contributed by atoms with Crippen molar-refractivity contribution in [3.63, 3.8) is 0 Å². The van der Waals surface area contributed by atoms with E-state index in [-0.39, 0.29) is 10.6 Å². The maximum absolute atomic E-state index is 10.5. The van der Waals surface area contributed by atoms with Gasteiger partial charge in [0.15, 0.2) is 6.10 Å². The number of halogens is 1. The average Bonchev–Trinajstić information content (AvgIpc) is 2.27. The number of hydrogen-bond acceptors (Lipinski definition) is 4. The van der Waals surface area contributed by atoms with Crippen LogP contribution >= 0.6 is 11.6 Å². The Hall–Kier alpha value is -1.41. The summed E-state index contributed by atoms with van der Waals surface area (Å²) in [4.78, 5) is 10.5. The van der Waals surface area contributed by atoms with Crippen molar-refractivity contribution in [2.75, 3.05) is 0 Å². The van der Waals surface area contributed by atoms with E-state index in [4.69, 9.17) is 22.0 Å². The highest BCUT2D eigenvalue weighted by molar-refractivity contribution is 6.31. The van der Waals surface area contributed by atoms with Crippen LogP contribution in [0.2, 0.25) is 5.02 Å². The second-order valence-electron chi connectivity index (χ2n) is 2.92. The third kappa shape index (κ3) is 2.54.